The highest BCUT2D eigenvalue weighted by Gasteiger charge is 2.38. The van der Waals surface area contributed by atoms with Gasteiger partial charge in [0.05, 0.1) is 16.6 Å². The molecule has 1 atom stereocenters. The first-order valence-corrected chi connectivity index (χ1v) is 6.53. The zero-order chi connectivity index (χ0) is 16.2. The Morgan fingerprint density at radius 3 is 2.52 bits per heavy atom. The first-order valence-electron chi connectivity index (χ1n) is 5.78. The number of alkyl halides is 3. The van der Waals surface area contributed by atoms with Crippen LogP contribution in [0.5, 0.6) is 0 Å². The van der Waals surface area contributed by atoms with Crippen molar-refractivity contribution in [3.8, 4) is 0 Å². The molecular formula is C12H13Cl2F3N2O2. The lowest BCUT2D eigenvalue weighted by molar-refractivity contribution is -0.207. The van der Waals surface area contributed by atoms with Crippen molar-refractivity contribution in [1.29, 1.82) is 0 Å². The summed E-state index contributed by atoms with van der Waals surface area (Å²) in [6, 6.07) is 4.42. The molecule has 9 heteroatoms. The second kappa shape index (κ2) is 7.31. The standard InChI is InChI=1S/C12H13Cl2F3N2O2/c1-19(5-10(20)12(15,16)17)6-11(21)18-7-2-3-8(13)9(14)4-7/h2-4,10,20H,5-6H2,1H3,(H,18,21). The van der Waals surface area contributed by atoms with Gasteiger partial charge >= 0.3 is 6.18 Å². The third-order valence-electron chi connectivity index (χ3n) is 2.48. The van der Waals surface area contributed by atoms with E-state index in [0.717, 1.165) is 4.90 Å². The van der Waals surface area contributed by atoms with Crippen LogP contribution >= 0.6 is 23.2 Å². The third kappa shape index (κ3) is 6.09. The van der Waals surface area contributed by atoms with E-state index < -0.39 is 24.7 Å². The molecule has 1 unspecified atom stereocenters. The molecule has 0 aliphatic heterocycles. The van der Waals surface area contributed by atoms with Gasteiger partial charge in [-0.15, -0.1) is 0 Å². The van der Waals surface area contributed by atoms with E-state index in [0.29, 0.717) is 10.7 Å². The second-order valence-electron chi connectivity index (χ2n) is 4.43. The summed E-state index contributed by atoms with van der Waals surface area (Å²) >= 11 is 11.5. The normalized spacial score (nSPS) is 13.3. The molecular weight excluding hydrogens is 332 g/mol. The fraction of sp³-hybridized carbons (Fsp3) is 0.417. The number of aliphatic hydroxyl groups is 1. The second-order valence-corrected chi connectivity index (χ2v) is 5.25. The van der Waals surface area contributed by atoms with Crippen LogP contribution in [0.3, 0.4) is 0 Å². The van der Waals surface area contributed by atoms with Crippen LogP contribution in [0.1, 0.15) is 0 Å². The molecule has 1 aromatic carbocycles. The smallest absolute Gasteiger partial charge is 0.382 e. The maximum Gasteiger partial charge on any atom is 0.415 e. The summed E-state index contributed by atoms with van der Waals surface area (Å²) in [5.41, 5.74) is 0.374. The van der Waals surface area contributed by atoms with Gasteiger partial charge in [0.1, 0.15) is 0 Å². The van der Waals surface area contributed by atoms with Crippen molar-refractivity contribution >= 4 is 34.8 Å². The van der Waals surface area contributed by atoms with Crippen molar-refractivity contribution in [3.05, 3.63) is 28.2 Å². The molecule has 0 aliphatic carbocycles. The molecule has 1 amide bonds. The van der Waals surface area contributed by atoms with E-state index in [-0.39, 0.29) is 11.6 Å². The Bertz CT molecular complexity index is 512. The van der Waals surface area contributed by atoms with Crippen LogP contribution < -0.4 is 5.32 Å². The molecule has 1 rings (SSSR count). The Morgan fingerprint density at radius 1 is 1.38 bits per heavy atom. The predicted octanol–water partition coefficient (Wildman–Crippen LogP) is 2.79. The summed E-state index contributed by atoms with van der Waals surface area (Å²) in [6.07, 6.45) is -7.21. The number of carbonyl (C=O) groups is 1. The molecule has 0 aliphatic rings. The Hall–Kier alpha value is -1.02. The van der Waals surface area contributed by atoms with Gasteiger partial charge in [0, 0.05) is 12.2 Å². The van der Waals surface area contributed by atoms with Crippen LogP contribution in [0.15, 0.2) is 18.2 Å². The van der Waals surface area contributed by atoms with Gasteiger partial charge in [-0.1, -0.05) is 23.2 Å². The molecule has 2 N–H and O–H groups in total. The zero-order valence-electron chi connectivity index (χ0n) is 10.9. The van der Waals surface area contributed by atoms with E-state index in [1.807, 2.05) is 0 Å². The van der Waals surface area contributed by atoms with Crippen LogP contribution in [-0.2, 0) is 4.79 Å². The number of nitrogens with zero attached hydrogens (tertiary/aromatic N) is 1. The number of rotatable bonds is 5. The minimum absolute atomic E-state index is 0.246. The number of aliphatic hydroxyl groups excluding tert-OH is 1. The topological polar surface area (TPSA) is 52.6 Å². The van der Waals surface area contributed by atoms with E-state index in [1.54, 1.807) is 0 Å². The highest BCUT2D eigenvalue weighted by molar-refractivity contribution is 6.42. The molecule has 0 aromatic heterocycles. The van der Waals surface area contributed by atoms with Crippen molar-refractivity contribution in [3.63, 3.8) is 0 Å². The van der Waals surface area contributed by atoms with Crippen LogP contribution in [0.2, 0.25) is 10.0 Å². The first-order chi connectivity index (χ1) is 9.59. The van der Waals surface area contributed by atoms with Gasteiger partial charge in [0.15, 0.2) is 6.10 Å². The maximum absolute atomic E-state index is 12.2. The summed E-state index contributed by atoms with van der Waals surface area (Å²) < 4.78 is 36.5. The number of carbonyl (C=O) groups excluding carboxylic acids is 1. The summed E-state index contributed by atoms with van der Waals surface area (Å²) in [5.74, 6) is -0.537. The van der Waals surface area contributed by atoms with Crippen molar-refractivity contribution in [2.75, 3.05) is 25.5 Å². The highest BCUT2D eigenvalue weighted by atomic mass is 35.5. The molecule has 0 fully saturated rings. The maximum atomic E-state index is 12.2. The van der Waals surface area contributed by atoms with Crippen molar-refractivity contribution < 1.29 is 23.1 Å². The SMILES string of the molecule is CN(CC(=O)Nc1ccc(Cl)c(Cl)c1)CC(O)C(F)(F)F. The quantitative estimate of drug-likeness (QED) is 0.863. The van der Waals surface area contributed by atoms with Gasteiger partial charge in [-0.25, -0.2) is 0 Å². The van der Waals surface area contributed by atoms with Crippen LogP contribution in [0.25, 0.3) is 0 Å². The number of hydrogen-bond donors (Lipinski definition) is 2. The Morgan fingerprint density at radius 2 is 2.00 bits per heavy atom. The lowest BCUT2D eigenvalue weighted by atomic mass is 10.3. The largest absolute Gasteiger partial charge is 0.415 e. The molecule has 4 nitrogen and oxygen atoms in total. The number of benzene rings is 1. The summed E-state index contributed by atoms with van der Waals surface area (Å²) in [4.78, 5) is 12.7. The Labute approximate surface area is 129 Å². The van der Waals surface area contributed by atoms with Crippen LogP contribution in [-0.4, -0.2) is 48.3 Å². The number of anilines is 1. The molecule has 0 spiro atoms. The van der Waals surface area contributed by atoms with Gasteiger partial charge in [-0.05, 0) is 25.2 Å². The minimum Gasteiger partial charge on any atom is -0.382 e. The third-order valence-corrected chi connectivity index (χ3v) is 3.22. The van der Waals surface area contributed by atoms with Crippen molar-refractivity contribution in [2.45, 2.75) is 12.3 Å². The Balaban J connectivity index is 2.51. The van der Waals surface area contributed by atoms with Gasteiger partial charge in [-0.3, -0.25) is 9.69 Å². The fourth-order valence-corrected chi connectivity index (χ4v) is 1.78. The van der Waals surface area contributed by atoms with E-state index in [9.17, 15) is 18.0 Å². The number of amides is 1. The fourth-order valence-electron chi connectivity index (χ4n) is 1.48. The summed E-state index contributed by atoms with van der Waals surface area (Å²) in [7, 11) is 1.30. The first kappa shape index (κ1) is 18.0. The highest BCUT2D eigenvalue weighted by Crippen LogP contribution is 2.25. The minimum atomic E-state index is -4.71. The summed E-state index contributed by atoms with van der Waals surface area (Å²) in [5, 5.41) is 11.9. The van der Waals surface area contributed by atoms with E-state index >= 15 is 0 Å². The van der Waals surface area contributed by atoms with Gasteiger partial charge in [0.25, 0.3) is 0 Å². The molecule has 0 saturated carbocycles. The number of nitrogens with one attached hydrogen (secondary N) is 1. The lowest BCUT2D eigenvalue weighted by Crippen LogP contribution is -2.42. The van der Waals surface area contributed by atoms with E-state index in [4.69, 9.17) is 28.3 Å². The number of halogens is 5. The molecule has 0 bridgehead atoms. The molecule has 0 heterocycles. The number of likely N-dealkylation sites (N-methyl/N-ethyl adjacent to an activating group) is 1. The zero-order valence-corrected chi connectivity index (χ0v) is 12.4. The van der Waals surface area contributed by atoms with Gasteiger partial charge in [-0.2, -0.15) is 13.2 Å². The Kier molecular flexibility index (Phi) is 6.27. The van der Waals surface area contributed by atoms with Crippen molar-refractivity contribution in [1.82, 2.24) is 4.90 Å². The predicted molar refractivity (Wildman–Crippen MR) is 74.7 cm³/mol. The van der Waals surface area contributed by atoms with E-state index in [2.05, 4.69) is 5.32 Å². The average molecular weight is 345 g/mol. The van der Waals surface area contributed by atoms with E-state index in [1.165, 1.54) is 25.2 Å². The molecule has 118 valence electrons. The van der Waals surface area contributed by atoms with Crippen LogP contribution in [0.4, 0.5) is 18.9 Å². The average Bonchev–Trinajstić information content (AvgIpc) is 2.32. The number of hydrogen-bond acceptors (Lipinski definition) is 3. The molecule has 0 radical (unpaired) electrons. The van der Waals surface area contributed by atoms with Crippen LogP contribution in [0, 0.1) is 0 Å². The molecule has 0 saturated heterocycles. The van der Waals surface area contributed by atoms with Gasteiger partial charge in [0.2, 0.25) is 5.91 Å². The molecule has 1 aromatic rings. The van der Waals surface area contributed by atoms with Crippen molar-refractivity contribution in [2.24, 2.45) is 0 Å². The molecule has 21 heavy (non-hydrogen) atoms. The monoisotopic (exact) mass is 344 g/mol. The summed E-state index contributed by atoms with van der Waals surface area (Å²) in [6.45, 7) is -1.01. The van der Waals surface area contributed by atoms with Gasteiger partial charge < -0.3 is 10.4 Å². The lowest BCUT2D eigenvalue weighted by Gasteiger charge is -2.21.